The third kappa shape index (κ3) is 4.32. The van der Waals surface area contributed by atoms with Gasteiger partial charge in [0.15, 0.2) is 0 Å². The summed E-state index contributed by atoms with van der Waals surface area (Å²) in [4.78, 5) is 42.1. The van der Waals surface area contributed by atoms with E-state index in [2.05, 4.69) is 4.90 Å². The zero-order valence-electron chi connectivity index (χ0n) is 16.2. The Morgan fingerprint density at radius 3 is 2.41 bits per heavy atom. The maximum Gasteiger partial charge on any atom is 0.294 e. The van der Waals surface area contributed by atoms with Gasteiger partial charge in [0.1, 0.15) is 12.4 Å². The highest BCUT2D eigenvalue weighted by atomic mass is 32.2. The molecule has 29 heavy (non-hydrogen) atoms. The highest BCUT2D eigenvalue weighted by molar-refractivity contribution is 8.18. The minimum absolute atomic E-state index is 0.147. The second-order valence-corrected chi connectivity index (χ2v) is 8.60. The molecule has 0 aromatic heterocycles. The van der Waals surface area contributed by atoms with Crippen LogP contribution in [-0.4, -0.2) is 59.6 Å². The molecular formula is C21H24FN3O3S. The van der Waals surface area contributed by atoms with E-state index in [9.17, 15) is 18.8 Å². The standard InChI is InChI=1S/C21H24FN3O3S/c22-17-13-16(23-8-2-1-3-9-23)7-6-15(17)12-18-20(27)25(21(28)29-18)14-19(26)24-10-4-5-11-24/h6-7,12-13H,1-5,8-11,14H2/b18-12+. The molecule has 1 aromatic carbocycles. The van der Waals surface area contributed by atoms with E-state index in [0.29, 0.717) is 13.1 Å². The topological polar surface area (TPSA) is 60.9 Å². The van der Waals surface area contributed by atoms with Gasteiger partial charge in [-0.1, -0.05) is 0 Å². The number of rotatable bonds is 4. The first kappa shape index (κ1) is 19.9. The molecule has 0 aliphatic carbocycles. The van der Waals surface area contributed by atoms with E-state index in [1.807, 2.05) is 6.07 Å². The first-order chi connectivity index (χ1) is 14.0. The van der Waals surface area contributed by atoms with Crippen molar-refractivity contribution in [2.45, 2.75) is 32.1 Å². The van der Waals surface area contributed by atoms with Crippen LogP contribution in [-0.2, 0) is 9.59 Å². The normalized spacial score (nSPS) is 21.6. The van der Waals surface area contributed by atoms with Gasteiger partial charge < -0.3 is 9.80 Å². The quantitative estimate of drug-likeness (QED) is 0.702. The molecule has 3 aliphatic rings. The molecule has 0 atom stereocenters. The number of thioether (sulfide) groups is 1. The lowest BCUT2D eigenvalue weighted by molar-refractivity contribution is -0.135. The van der Waals surface area contributed by atoms with Gasteiger partial charge >= 0.3 is 0 Å². The molecule has 6 nitrogen and oxygen atoms in total. The lowest BCUT2D eigenvalue weighted by Crippen LogP contribution is -2.40. The van der Waals surface area contributed by atoms with Crippen molar-refractivity contribution in [2.24, 2.45) is 0 Å². The van der Waals surface area contributed by atoms with E-state index >= 15 is 0 Å². The summed E-state index contributed by atoms with van der Waals surface area (Å²) in [6.45, 7) is 2.92. The van der Waals surface area contributed by atoms with Gasteiger partial charge in [-0.2, -0.15) is 0 Å². The second-order valence-electron chi connectivity index (χ2n) is 7.61. The summed E-state index contributed by atoms with van der Waals surface area (Å²) >= 11 is 0.753. The minimum atomic E-state index is -0.535. The fraction of sp³-hybridized carbons (Fsp3) is 0.476. The Hall–Kier alpha value is -2.35. The zero-order chi connectivity index (χ0) is 20.4. The van der Waals surface area contributed by atoms with Crippen LogP contribution in [0.1, 0.15) is 37.7 Å². The van der Waals surface area contributed by atoms with Crippen molar-refractivity contribution in [1.82, 2.24) is 9.80 Å². The molecule has 3 fully saturated rings. The van der Waals surface area contributed by atoms with Crippen molar-refractivity contribution in [2.75, 3.05) is 37.6 Å². The minimum Gasteiger partial charge on any atom is -0.371 e. The third-order valence-corrected chi connectivity index (χ3v) is 6.52. The lowest BCUT2D eigenvalue weighted by atomic mass is 10.1. The van der Waals surface area contributed by atoms with Gasteiger partial charge in [-0.05, 0) is 68.1 Å². The molecule has 0 saturated carbocycles. The number of anilines is 1. The molecular weight excluding hydrogens is 393 g/mol. The molecule has 0 unspecified atom stereocenters. The van der Waals surface area contributed by atoms with E-state index in [-0.39, 0.29) is 22.9 Å². The number of carbonyl (C=O) groups is 3. The average molecular weight is 418 g/mol. The summed E-state index contributed by atoms with van der Waals surface area (Å²) in [5.74, 6) is -1.18. The van der Waals surface area contributed by atoms with Gasteiger partial charge in [-0.25, -0.2) is 4.39 Å². The Balaban J connectivity index is 1.47. The lowest BCUT2D eigenvalue weighted by Gasteiger charge is -2.28. The van der Waals surface area contributed by atoms with Gasteiger partial charge in [-0.15, -0.1) is 0 Å². The Morgan fingerprint density at radius 2 is 1.72 bits per heavy atom. The van der Waals surface area contributed by atoms with Crippen LogP contribution in [0.2, 0.25) is 0 Å². The number of hydrogen-bond donors (Lipinski definition) is 0. The summed E-state index contributed by atoms with van der Waals surface area (Å²) in [6, 6.07) is 4.97. The first-order valence-electron chi connectivity index (χ1n) is 10.1. The monoisotopic (exact) mass is 417 g/mol. The molecule has 0 spiro atoms. The number of nitrogens with zero attached hydrogens (tertiary/aromatic N) is 3. The van der Waals surface area contributed by atoms with Crippen molar-refractivity contribution in [3.63, 3.8) is 0 Å². The van der Waals surface area contributed by atoms with Crippen molar-refractivity contribution in [3.05, 3.63) is 34.5 Å². The van der Waals surface area contributed by atoms with E-state index in [1.54, 1.807) is 11.0 Å². The van der Waals surface area contributed by atoms with Crippen LogP contribution >= 0.6 is 11.8 Å². The molecule has 0 radical (unpaired) electrons. The summed E-state index contributed by atoms with van der Waals surface area (Å²) in [7, 11) is 0. The van der Waals surface area contributed by atoms with Gasteiger partial charge in [0, 0.05) is 37.4 Å². The molecule has 1 aromatic rings. The molecule has 3 aliphatic heterocycles. The number of piperidine rings is 1. The number of hydrogen-bond acceptors (Lipinski definition) is 5. The van der Waals surface area contributed by atoms with Crippen LogP contribution in [0, 0.1) is 5.82 Å². The third-order valence-electron chi connectivity index (χ3n) is 5.62. The second kappa shape index (κ2) is 8.57. The number of carbonyl (C=O) groups excluding carboxylic acids is 3. The van der Waals surface area contributed by atoms with E-state index < -0.39 is 17.0 Å². The Bertz CT molecular complexity index is 861. The van der Waals surface area contributed by atoms with Gasteiger partial charge in [-0.3, -0.25) is 19.3 Å². The Kier molecular flexibility index (Phi) is 5.89. The predicted molar refractivity (Wildman–Crippen MR) is 111 cm³/mol. The molecule has 0 N–H and O–H groups in total. The van der Waals surface area contributed by atoms with Crippen LogP contribution in [0.25, 0.3) is 6.08 Å². The van der Waals surface area contributed by atoms with Crippen molar-refractivity contribution in [3.8, 4) is 0 Å². The van der Waals surface area contributed by atoms with Gasteiger partial charge in [0.05, 0.1) is 4.91 Å². The molecule has 4 rings (SSSR count). The van der Waals surface area contributed by atoms with Crippen molar-refractivity contribution < 1.29 is 18.8 Å². The molecule has 8 heteroatoms. The first-order valence-corrected chi connectivity index (χ1v) is 10.9. The Labute approximate surface area is 173 Å². The molecule has 3 saturated heterocycles. The zero-order valence-corrected chi connectivity index (χ0v) is 17.0. The molecule has 3 amide bonds. The summed E-state index contributed by atoms with van der Waals surface area (Å²) in [5.41, 5.74) is 1.10. The van der Waals surface area contributed by atoms with Gasteiger partial charge in [0.25, 0.3) is 11.1 Å². The van der Waals surface area contributed by atoms with Crippen LogP contribution < -0.4 is 4.90 Å². The smallest absolute Gasteiger partial charge is 0.294 e. The van der Waals surface area contributed by atoms with Crippen molar-refractivity contribution >= 4 is 40.6 Å². The molecule has 3 heterocycles. The van der Waals surface area contributed by atoms with Crippen LogP contribution in [0.15, 0.2) is 23.1 Å². The highest BCUT2D eigenvalue weighted by Crippen LogP contribution is 2.33. The number of likely N-dealkylation sites (tertiary alicyclic amines) is 1. The predicted octanol–water partition coefficient (Wildman–Crippen LogP) is 3.47. The molecule has 154 valence electrons. The number of halogens is 1. The van der Waals surface area contributed by atoms with E-state index in [4.69, 9.17) is 0 Å². The number of imide groups is 1. The summed E-state index contributed by atoms with van der Waals surface area (Å²) in [6.07, 6.45) is 6.70. The highest BCUT2D eigenvalue weighted by Gasteiger charge is 2.37. The van der Waals surface area contributed by atoms with Crippen LogP contribution in [0.4, 0.5) is 14.9 Å². The fourth-order valence-corrected chi connectivity index (χ4v) is 4.79. The van der Waals surface area contributed by atoms with E-state index in [1.165, 1.54) is 18.6 Å². The number of amides is 3. The fourth-order valence-electron chi connectivity index (χ4n) is 3.96. The van der Waals surface area contributed by atoms with Gasteiger partial charge in [0.2, 0.25) is 5.91 Å². The summed E-state index contributed by atoms with van der Waals surface area (Å²) in [5, 5.41) is -0.487. The largest absolute Gasteiger partial charge is 0.371 e. The van der Waals surface area contributed by atoms with Crippen molar-refractivity contribution in [1.29, 1.82) is 0 Å². The summed E-state index contributed by atoms with van der Waals surface area (Å²) < 4.78 is 14.6. The Morgan fingerprint density at radius 1 is 1.03 bits per heavy atom. The molecule has 0 bridgehead atoms. The maximum atomic E-state index is 14.6. The average Bonchev–Trinajstić information content (AvgIpc) is 3.35. The van der Waals surface area contributed by atoms with Crippen LogP contribution in [0.3, 0.4) is 0 Å². The number of benzene rings is 1. The SMILES string of the molecule is O=C(CN1C(=O)S/C(=C/c2ccc(N3CCCCC3)cc2F)C1=O)N1CCCC1. The van der Waals surface area contributed by atoms with Crippen LogP contribution in [0.5, 0.6) is 0 Å². The van der Waals surface area contributed by atoms with E-state index in [0.717, 1.165) is 61.1 Å². The maximum absolute atomic E-state index is 14.6.